The number of hydrogen-bond acceptors (Lipinski definition) is 3. The summed E-state index contributed by atoms with van der Waals surface area (Å²) in [6.07, 6.45) is 0. The third-order valence-corrected chi connectivity index (χ3v) is 7.79. The summed E-state index contributed by atoms with van der Waals surface area (Å²) >= 11 is 1.83. The molecule has 4 heteroatoms. The highest BCUT2D eigenvalue weighted by Crippen LogP contribution is 2.38. The third kappa shape index (κ3) is 4.52. The van der Waals surface area contributed by atoms with E-state index >= 15 is 0 Å². The molecule has 1 aliphatic rings. The Morgan fingerprint density at radius 3 is 1.59 bits per heavy atom. The molecular weight excluding hydrogens is 436 g/mol. The van der Waals surface area contributed by atoms with Gasteiger partial charge in [-0.05, 0) is 22.3 Å². The summed E-state index contributed by atoms with van der Waals surface area (Å²) in [6.45, 7) is 0.626. The molecule has 34 heavy (non-hydrogen) atoms. The molecule has 2 N–H and O–H groups in total. The molecule has 4 aromatic rings. The molecule has 3 nitrogen and oxygen atoms in total. The van der Waals surface area contributed by atoms with Crippen LogP contribution in [-0.2, 0) is 10.3 Å². The summed E-state index contributed by atoms with van der Waals surface area (Å²) in [5, 5.41) is 7.28. The Morgan fingerprint density at radius 1 is 0.676 bits per heavy atom. The lowest BCUT2D eigenvalue weighted by atomic mass is 9.76. The van der Waals surface area contributed by atoms with Crippen molar-refractivity contribution in [3.8, 4) is 0 Å². The molecular formula is C30H28N2OS. The summed E-state index contributed by atoms with van der Waals surface area (Å²) in [7, 11) is 0. The second kappa shape index (κ2) is 10.3. The van der Waals surface area contributed by atoms with Crippen LogP contribution in [0.4, 0.5) is 0 Å². The number of nitrogens with one attached hydrogen (secondary N) is 2. The standard InChI is InChI=1S/C30H28N2OS/c33-29-27(22-34-28(21-31-29)23-13-5-1-6-14-23)32-30(24-15-7-2-8-16-24,25-17-9-3-10-18-25)26-19-11-4-12-20-26/h1-20,27-28,32H,21-22H2,(H,31,33)/t27-,28+/m0/s1. The Labute approximate surface area is 205 Å². The number of carbonyl (C=O) groups is 1. The molecule has 1 heterocycles. The van der Waals surface area contributed by atoms with Crippen molar-refractivity contribution in [2.24, 2.45) is 0 Å². The molecule has 0 radical (unpaired) electrons. The van der Waals surface area contributed by atoms with Gasteiger partial charge in [-0.25, -0.2) is 0 Å². The van der Waals surface area contributed by atoms with E-state index in [1.807, 2.05) is 36.0 Å². The normalized spacial score (nSPS) is 18.6. The number of rotatable bonds is 6. The van der Waals surface area contributed by atoms with Crippen LogP contribution >= 0.6 is 11.8 Å². The van der Waals surface area contributed by atoms with Gasteiger partial charge in [-0.15, -0.1) is 11.8 Å². The molecule has 0 saturated carbocycles. The van der Waals surface area contributed by atoms with Crippen molar-refractivity contribution < 1.29 is 4.79 Å². The van der Waals surface area contributed by atoms with Crippen molar-refractivity contribution in [3.63, 3.8) is 0 Å². The van der Waals surface area contributed by atoms with Gasteiger partial charge >= 0.3 is 0 Å². The van der Waals surface area contributed by atoms with Crippen molar-refractivity contribution >= 4 is 17.7 Å². The van der Waals surface area contributed by atoms with E-state index in [9.17, 15) is 4.79 Å². The fourth-order valence-electron chi connectivity index (χ4n) is 4.73. The highest BCUT2D eigenvalue weighted by atomic mass is 32.2. The SMILES string of the molecule is O=C1NC[C@H](c2ccccc2)SC[C@@H]1NC(c1ccccc1)(c1ccccc1)c1ccccc1. The molecule has 0 bridgehead atoms. The van der Waals surface area contributed by atoms with E-state index in [0.717, 1.165) is 16.7 Å². The lowest BCUT2D eigenvalue weighted by Crippen LogP contribution is -2.55. The number of hydrogen-bond donors (Lipinski definition) is 2. The minimum Gasteiger partial charge on any atom is -0.353 e. The van der Waals surface area contributed by atoms with Gasteiger partial charge in [-0.2, -0.15) is 0 Å². The maximum Gasteiger partial charge on any atom is 0.238 e. The van der Waals surface area contributed by atoms with E-state index in [-0.39, 0.29) is 17.2 Å². The van der Waals surface area contributed by atoms with E-state index < -0.39 is 5.54 Å². The van der Waals surface area contributed by atoms with Crippen LogP contribution in [0.15, 0.2) is 121 Å². The van der Waals surface area contributed by atoms with Gasteiger partial charge in [0.15, 0.2) is 0 Å². The summed E-state index contributed by atoms with van der Waals surface area (Å²) in [4.78, 5) is 13.4. The van der Waals surface area contributed by atoms with Crippen LogP contribution in [-0.4, -0.2) is 24.2 Å². The van der Waals surface area contributed by atoms with Gasteiger partial charge < -0.3 is 5.32 Å². The average Bonchev–Trinajstić information content (AvgIpc) is 3.10. The minimum atomic E-state index is -0.668. The van der Waals surface area contributed by atoms with Gasteiger partial charge in [0.2, 0.25) is 5.91 Å². The van der Waals surface area contributed by atoms with Crippen LogP contribution in [0.25, 0.3) is 0 Å². The molecule has 0 spiro atoms. The maximum absolute atomic E-state index is 13.4. The zero-order valence-corrected chi connectivity index (χ0v) is 19.7. The summed E-state index contributed by atoms with van der Waals surface area (Å²) in [5.74, 6) is 0.720. The van der Waals surface area contributed by atoms with E-state index in [4.69, 9.17) is 0 Å². The van der Waals surface area contributed by atoms with Crippen molar-refractivity contribution in [2.45, 2.75) is 16.8 Å². The first-order chi connectivity index (χ1) is 16.8. The van der Waals surface area contributed by atoms with Gasteiger partial charge in [0.25, 0.3) is 0 Å². The van der Waals surface area contributed by atoms with Crippen LogP contribution in [0.1, 0.15) is 27.5 Å². The molecule has 1 amide bonds. The molecule has 0 aliphatic carbocycles. The first kappa shape index (κ1) is 22.5. The van der Waals surface area contributed by atoms with Gasteiger partial charge in [-0.3, -0.25) is 10.1 Å². The second-order valence-corrected chi connectivity index (χ2v) is 9.76. The third-order valence-electron chi connectivity index (χ3n) is 6.42. The largest absolute Gasteiger partial charge is 0.353 e. The fraction of sp³-hybridized carbons (Fsp3) is 0.167. The Morgan fingerprint density at radius 2 is 1.12 bits per heavy atom. The molecule has 0 aromatic heterocycles. The topological polar surface area (TPSA) is 41.1 Å². The Kier molecular flexibility index (Phi) is 6.79. The smallest absolute Gasteiger partial charge is 0.238 e. The van der Waals surface area contributed by atoms with E-state index in [0.29, 0.717) is 12.3 Å². The van der Waals surface area contributed by atoms with Crippen molar-refractivity contribution in [1.82, 2.24) is 10.6 Å². The molecule has 0 unspecified atom stereocenters. The van der Waals surface area contributed by atoms with E-state index in [2.05, 4.69) is 108 Å². The molecule has 5 rings (SSSR count). The molecule has 170 valence electrons. The molecule has 4 aromatic carbocycles. The van der Waals surface area contributed by atoms with Gasteiger partial charge in [0, 0.05) is 17.5 Å². The Bertz CT molecular complexity index is 1100. The van der Waals surface area contributed by atoms with Crippen molar-refractivity contribution in [2.75, 3.05) is 12.3 Å². The van der Waals surface area contributed by atoms with Gasteiger partial charge in [-0.1, -0.05) is 121 Å². The van der Waals surface area contributed by atoms with Gasteiger partial charge in [0.1, 0.15) is 0 Å². The van der Waals surface area contributed by atoms with Crippen LogP contribution in [0.5, 0.6) is 0 Å². The zero-order chi connectivity index (χ0) is 23.2. The quantitative estimate of drug-likeness (QED) is 0.368. The minimum absolute atomic E-state index is 0.0399. The van der Waals surface area contributed by atoms with E-state index in [1.165, 1.54) is 5.56 Å². The average molecular weight is 465 g/mol. The highest BCUT2D eigenvalue weighted by molar-refractivity contribution is 7.99. The number of amides is 1. The molecule has 1 fully saturated rings. The summed E-state index contributed by atoms with van der Waals surface area (Å²) in [5.41, 5.74) is 3.89. The van der Waals surface area contributed by atoms with Crippen LogP contribution < -0.4 is 10.6 Å². The van der Waals surface area contributed by atoms with Gasteiger partial charge in [0.05, 0.1) is 11.6 Å². The predicted molar refractivity (Wildman–Crippen MR) is 141 cm³/mol. The highest BCUT2D eigenvalue weighted by Gasteiger charge is 2.40. The second-order valence-electron chi connectivity index (χ2n) is 8.52. The summed E-state index contributed by atoms with van der Waals surface area (Å²) in [6, 6.07) is 41.4. The Hall–Kier alpha value is -3.34. The first-order valence-corrected chi connectivity index (χ1v) is 12.7. The predicted octanol–water partition coefficient (Wildman–Crippen LogP) is 5.54. The van der Waals surface area contributed by atoms with Crippen molar-refractivity contribution in [3.05, 3.63) is 144 Å². The number of thioether (sulfide) groups is 1. The van der Waals surface area contributed by atoms with Crippen LogP contribution in [0.2, 0.25) is 0 Å². The molecule has 1 aliphatic heterocycles. The summed E-state index contributed by atoms with van der Waals surface area (Å²) < 4.78 is 0. The van der Waals surface area contributed by atoms with Crippen LogP contribution in [0, 0.1) is 0 Å². The first-order valence-electron chi connectivity index (χ1n) is 11.7. The Balaban J connectivity index is 1.57. The monoisotopic (exact) mass is 464 g/mol. The number of benzene rings is 4. The fourth-order valence-corrected chi connectivity index (χ4v) is 5.94. The zero-order valence-electron chi connectivity index (χ0n) is 18.9. The van der Waals surface area contributed by atoms with Crippen LogP contribution in [0.3, 0.4) is 0 Å². The lowest BCUT2D eigenvalue weighted by Gasteiger charge is -2.39. The van der Waals surface area contributed by atoms with E-state index in [1.54, 1.807) is 0 Å². The molecule has 2 atom stereocenters. The van der Waals surface area contributed by atoms with Crippen molar-refractivity contribution in [1.29, 1.82) is 0 Å². The lowest BCUT2D eigenvalue weighted by molar-refractivity contribution is -0.122. The molecule has 1 saturated heterocycles. The number of carbonyl (C=O) groups excluding carboxylic acids is 1. The maximum atomic E-state index is 13.4.